The Kier molecular flexibility index (Phi) is 4.77. The number of carbonyl (C=O) groups excluding carboxylic acids is 1. The van der Waals surface area contributed by atoms with Crippen molar-refractivity contribution in [1.29, 1.82) is 0 Å². The van der Waals surface area contributed by atoms with Gasteiger partial charge in [-0.05, 0) is 31.9 Å². The van der Waals surface area contributed by atoms with Crippen molar-refractivity contribution in [3.05, 3.63) is 36.0 Å². The van der Waals surface area contributed by atoms with Crippen LogP contribution in [0.5, 0.6) is 0 Å². The van der Waals surface area contributed by atoms with Crippen LogP contribution in [0.4, 0.5) is 0 Å². The van der Waals surface area contributed by atoms with E-state index in [0.717, 1.165) is 38.2 Å². The Balaban J connectivity index is 1.34. The van der Waals surface area contributed by atoms with E-state index in [2.05, 4.69) is 15.6 Å². The summed E-state index contributed by atoms with van der Waals surface area (Å²) in [5.41, 5.74) is -0.391. The van der Waals surface area contributed by atoms with E-state index in [1.165, 1.54) is 4.90 Å². The van der Waals surface area contributed by atoms with Crippen LogP contribution in [0, 0.1) is 11.8 Å². The van der Waals surface area contributed by atoms with Crippen molar-refractivity contribution < 1.29 is 19.2 Å². The lowest BCUT2D eigenvalue weighted by atomic mass is 9.75. The van der Waals surface area contributed by atoms with Crippen LogP contribution in [0.3, 0.4) is 0 Å². The van der Waals surface area contributed by atoms with Crippen molar-refractivity contribution >= 4 is 5.91 Å². The van der Waals surface area contributed by atoms with E-state index in [1.807, 2.05) is 23.0 Å². The third-order valence-electron chi connectivity index (χ3n) is 5.98. The number of nitrogens with zero attached hydrogens (tertiary/aromatic N) is 3. The number of aromatic nitrogens is 3. The van der Waals surface area contributed by atoms with Gasteiger partial charge in [-0.3, -0.25) is 4.79 Å². The Bertz CT molecular complexity index is 780. The van der Waals surface area contributed by atoms with Crippen molar-refractivity contribution in [2.75, 3.05) is 13.1 Å². The molecule has 3 saturated heterocycles. The van der Waals surface area contributed by atoms with Gasteiger partial charge in [-0.25, -0.2) is 4.68 Å². The number of amides is 1. The second-order valence-electron chi connectivity index (χ2n) is 8.38. The lowest BCUT2D eigenvalue weighted by Crippen LogP contribution is -3.20. The molecule has 2 aromatic heterocycles. The molecular weight excluding hydrogens is 346 g/mol. The van der Waals surface area contributed by atoms with Crippen LogP contribution >= 0.6 is 0 Å². The molecule has 3 fully saturated rings. The normalized spacial score (nSPS) is 27.7. The molecule has 5 heterocycles. The van der Waals surface area contributed by atoms with Crippen molar-refractivity contribution in [3.8, 4) is 0 Å². The van der Waals surface area contributed by atoms with Crippen molar-refractivity contribution in [3.63, 3.8) is 0 Å². The minimum absolute atomic E-state index is 0.0719. The molecule has 3 aliphatic heterocycles. The summed E-state index contributed by atoms with van der Waals surface area (Å²) in [6.45, 7) is 6.62. The van der Waals surface area contributed by atoms with E-state index in [0.29, 0.717) is 24.2 Å². The lowest BCUT2D eigenvalue weighted by Gasteiger charge is -2.46. The van der Waals surface area contributed by atoms with Gasteiger partial charge in [0.25, 0.3) is 0 Å². The molecule has 3 aliphatic rings. The molecule has 0 aliphatic carbocycles. The highest BCUT2D eigenvalue weighted by atomic mass is 16.3. The fourth-order valence-electron chi connectivity index (χ4n) is 4.43. The Morgan fingerprint density at radius 3 is 3.00 bits per heavy atom. The summed E-state index contributed by atoms with van der Waals surface area (Å²) in [6.07, 6.45) is 5.57. The van der Waals surface area contributed by atoms with Gasteiger partial charge in [0.05, 0.1) is 44.6 Å². The van der Waals surface area contributed by atoms with Crippen LogP contribution in [0.25, 0.3) is 0 Å². The maximum Gasteiger partial charge on any atom is 0.229 e. The molecule has 5 rings (SSSR count). The molecule has 0 radical (unpaired) electrons. The summed E-state index contributed by atoms with van der Waals surface area (Å²) in [5, 5.41) is 21.3. The van der Waals surface area contributed by atoms with Gasteiger partial charge in [0, 0.05) is 12.8 Å². The maximum absolute atomic E-state index is 12.6. The monoisotopic (exact) mass is 374 g/mol. The number of aliphatic hydroxyl groups is 1. The zero-order valence-electron chi connectivity index (χ0n) is 15.9. The number of furan rings is 1. The average molecular weight is 374 g/mol. The van der Waals surface area contributed by atoms with Crippen molar-refractivity contribution in [1.82, 2.24) is 20.3 Å². The average Bonchev–Trinajstić information content (AvgIpc) is 3.31. The molecule has 1 amide bonds. The number of carbonyl (C=O) groups is 1. The first-order valence-corrected chi connectivity index (χ1v) is 9.68. The third-order valence-corrected chi connectivity index (χ3v) is 5.98. The maximum atomic E-state index is 12.6. The predicted octanol–water partition coefficient (Wildman–Crippen LogP) is -0.292. The van der Waals surface area contributed by atoms with E-state index < -0.39 is 5.60 Å². The predicted molar refractivity (Wildman–Crippen MR) is 96.5 cm³/mol. The van der Waals surface area contributed by atoms with Crippen LogP contribution in [-0.4, -0.2) is 45.1 Å². The minimum atomic E-state index is -0.978. The van der Waals surface area contributed by atoms with Gasteiger partial charge in [-0.1, -0.05) is 5.21 Å². The van der Waals surface area contributed by atoms with Gasteiger partial charge in [-0.2, -0.15) is 0 Å². The van der Waals surface area contributed by atoms with E-state index >= 15 is 0 Å². The molecule has 0 aromatic carbocycles. The molecule has 27 heavy (non-hydrogen) atoms. The van der Waals surface area contributed by atoms with Crippen molar-refractivity contribution in [2.24, 2.45) is 11.8 Å². The topological polar surface area (TPSA) is 97.6 Å². The summed E-state index contributed by atoms with van der Waals surface area (Å²) < 4.78 is 7.12. The molecule has 4 atom stereocenters. The molecule has 8 heteroatoms. The van der Waals surface area contributed by atoms with E-state index in [-0.39, 0.29) is 11.8 Å². The number of quaternary nitrogens is 1. The number of fused-ring (bicyclic) bond motifs is 3. The molecule has 8 nitrogen and oxygen atoms in total. The van der Waals surface area contributed by atoms with Crippen LogP contribution in [0.2, 0.25) is 0 Å². The van der Waals surface area contributed by atoms with Gasteiger partial charge < -0.3 is 19.7 Å². The fraction of sp³-hybridized carbons (Fsp3) is 0.632. The van der Waals surface area contributed by atoms with E-state index in [1.54, 1.807) is 20.1 Å². The third kappa shape index (κ3) is 3.91. The van der Waals surface area contributed by atoms with Gasteiger partial charge in [0.1, 0.15) is 23.1 Å². The molecule has 1 unspecified atom stereocenters. The zero-order chi connectivity index (χ0) is 19.0. The minimum Gasteiger partial charge on any atom is -0.467 e. The second kappa shape index (κ2) is 7.09. The standard InChI is InChI=1S/C19H27N5O3/c1-19(2,26)17-12-24(22-21-17)10-14-8-13-5-6-23(14)11-16(13)18(25)20-9-15-4-3-7-27-15/h3-4,7,12-14,16,26H,5-6,8-11H2,1-2H3,(H,20,25)/p+1/t13-,14-,16+/m1/s1. The Hall–Kier alpha value is -2.19. The van der Waals surface area contributed by atoms with Crippen LogP contribution in [0.1, 0.15) is 38.1 Å². The largest absolute Gasteiger partial charge is 0.467 e. The molecule has 146 valence electrons. The molecule has 3 N–H and O–H groups in total. The zero-order valence-corrected chi connectivity index (χ0v) is 15.9. The SMILES string of the molecule is CC(C)(O)c1cn(C[C@H]2C[C@H]3CC[NH+]2C[C@@H]3C(=O)NCc2ccco2)nn1. The summed E-state index contributed by atoms with van der Waals surface area (Å²) in [5.74, 6) is 1.41. The van der Waals surface area contributed by atoms with Crippen LogP contribution < -0.4 is 10.2 Å². The second-order valence-corrected chi connectivity index (χ2v) is 8.38. The molecule has 2 bridgehead atoms. The summed E-state index contributed by atoms with van der Waals surface area (Å²) in [4.78, 5) is 14.1. The van der Waals surface area contributed by atoms with Crippen LogP contribution in [0.15, 0.2) is 29.0 Å². The highest BCUT2D eigenvalue weighted by Gasteiger charge is 2.46. The Morgan fingerprint density at radius 1 is 1.52 bits per heavy atom. The molecule has 0 saturated carbocycles. The number of piperidine rings is 3. The first-order valence-electron chi connectivity index (χ1n) is 9.68. The van der Waals surface area contributed by atoms with Gasteiger partial charge >= 0.3 is 0 Å². The fourth-order valence-corrected chi connectivity index (χ4v) is 4.43. The Morgan fingerprint density at radius 2 is 2.37 bits per heavy atom. The van der Waals surface area contributed by atoms with Crippen LogP contribution in [-0.2, 0) is 23.5 Å². The van der Waals surface area contributed by atoms with Gasteiger partial charge in [-0.15, -0.1) is 5.10 Å². The van der Waals surface area contributed by atoms with E-state index in [4.69, 9.17) is 4.42 Å². The van der Waals surface area contributed by atoms with Gasteiger partial charge in [0.15, 0.2) is 0 Å². The molecule has 2 aromatic rings. The lowest BCUT2D eigenvalue weighted by molar-refractivity contribution is -0.945. The quantitative estimate of drug-likeness (QED) is 0.645. The molecular formula is C19H28N5O3+. The number of hydrogen-bond acceptors (Lipinski definition) is 5. The summed E-state index contributed by atoms with van der Waals surface area (Å²) in [6, 6.07) is 4.14. The first kappa shape index (κ1) is 18.2. The Labute approximate surface area is 158 Å². The number of hydrogen-bond donors (Lipinski definition) is 3. The van der Waals surface area contributed by atoms with Crippen molar-refractivity contribution in [2.45, 2.75) is 51.4 Å². The van der Waals surface area contributed by atoms with Gasteiger partial charge in [0.2, 0.25) is 5.91 Å². The smallest absolute Gasteiger partial charge is 0.229 e. The highest BCUT2D eigenvalue weighted by molar-refractivity contribution is 5.79. The van der Waals surface area contributed by atoms with E-state index in [9.17, 15) is 9.90 Å². The number of nitrogens with one attached hydrogen (secondary N) is 2. The molecule has 0 spiro atoms. The summed E-state index contributed by atoms with van der Waals surface area (Å²) >= 11 is 0. The number of rotatable bonds is 6. The highest BCUT2D eigenvalue weighted by Crippen LogP contribution is 2.28. The summed E-state index contributed by atoms with van der Waals surface area (Å²) in [7, 11) is 0. The first-order chi connectivity index (χ1) is 12.9.